The van der Waals surface area contributed by atoms with Gasteiger partial charge in [-0.15, -0.1) is 0 Å². The van der Waals surface area contributed by atoms with E-state index in [2.05, 4.69) is 15.3 Å². The molecule has 2 heterocycles. The van der Waals surface area contributed by atoms with Crippen LogP contribution in [0.2, 0.25) is 0 Å². The lowest BCUT2D eigenvalue weighted by molar-refractivity contribution is 0.0299. The Morgan fingerprint density at radius 2 is 1.88 bits per heavy atom. The number of nitrogens with zero attached hydrogens (tertiary/aromatic N) is 3. The summed E-state index contributed by atoms with van der Waals surface area (Å²) >= 11 is 0. The summed E-state index contributed by atoms with van der Waals surface area (Å²) in [5.41, 5.74) is 1.35. The van der Waals surface area contributed by atoms with Gasteiger partial charge in [-0.3, -0.25) is 4.79 Å². The second-order valence-electron chi connectivity index (χ2n) is 6.15. The van der Waals surface area contributed by atoms with Crippen LogP contribution in [-0.4, -0.2) is 53.1 Å². The quantitative estimate of drug-likeness (QED) is 0.934. The van der Waals surface area contributed by atoms with Gasteiger partial charge in [-0.25, -0.2) is 9.97 Å². The highest BCUT2D eigenvalue weighted by molar-refractivity contribution is 5.93. The Kier molecular flexibility index (Phi) is 4.13. The van der Waals surface area contributed by atoms with Gasteiger partial charge in [0.1, 0.15) is 11.5 Å². The molecular formula is C18H20N4O2. The SMILES string of the molecule is O=C(c1cc(NC2CC2)nc(-c2ccccc2)n1)N1CCOCC1. The molecule has 1 saturated heterocycles. The summed E-state index contributed by atoms with van der Waals surface area (Å²) in [6.45, 7) is 2.37. The van der Waals surface area contributed by atoms with E-state index in [4.69, 9.17) is 4.74 Å². The van der Waals surface area contributed by atoms with Crippen LogP contribution in [0.15, 0.2) is 36.4 Å². The first-order valence-corrected chi connectivity index (χ1v) is 8.38. The number of hydrogen-bond acceptors (Lipinski definition) is 5. The molecule has 0 radical (unpaired) electrons. The molecule has 0 spiro atoms. The minimum atomic E-state index is -0.0586. The van der Waals surface area contributed by atoms with Gasteiger partial charge in [0.2, 0.25) is 0 Å². The fourth-order valence-corrected chi connectivity index (χ4v) is 2.71. The van der Waals surface area contributed by atoms with E-state index >= 15 is 0 Å². The number of carbonyl (C=O) groups is 1. The first-order valence-electron chi connectivity index (χ1n) is 8.38. The van der Waals surface area contributed by atoms with Gasteiger partial charge >= 0.3 is 0 Å². The Labute approximate surface area is 140 Å². The van der Waals surface area contributed by atoms with Crippen molar-refractivity contribution in [2.24, 2.45) is 0 Å². The molecule has 6 nitrogen and oxygen atoms in total. The number of rotatable bonds is 4. The molecule has 1 saturated carbocycles. The van der Waals surface area contributed by atoms with E-state index in [9.17, 15) is 4.79 Å². The van der Waals surface area contributed by atoms with Gasteiger partial charge in [0.25, 0.3) is 5.91 Å². The molecule has 0 atom stereocenters. The Hall–Kier alpha value is -2.47. The Morgan fingerprint density at radius 3 is 2.58 bits per heavy atom. The monoisotopic (exact) mass is 324 g/mol. The minimum absolute atomic E-state index is 0.0586. The van der Waals surface area contributed by atoms with Gasteiger partial charge in [-0.1, -0.05) is 30.3 Å². The van der Waals surface area contributed by atoms with Crippen molar-refractivity contribution < 1.29 is 9.53 Å². The van der Waals surface area contributed by atoms with Crippen LogP contribution in [0.3, 0.4) is 0 Å². The van der Waals surface area contributed by atoms with Crippen molar-refractivity contribution in [1.29, 1.82) is 0 Å². The lowest BCUT2D eigenvalue weighted by atomic mass is 10.2. The molecule has 124 valence electrons. The highest BCUT2D eigenvalue weighted by atomic mass is 16.5. The van der Waals surface area contributed by atoms with Gasteiger partial charge < -0.3 is 15.0 Å². The maximum atomic E-state index is 12.8. The van der Waals surface area contributed by atoms with Crippen molar-refractivity contribution in [1.82, 2.24) is 14.9 Å². The molecular weight excluding hydrogens is 304 g/mol. The van der Waals surface area contributed by atoms with E-state index in [1.807, 2.05) is 30.3 Å². The van der Waals surface area contributed by atoms with Crippen LogP contribution in [0.1, 0.15) is 23.3 Å². The number of ether oxygens (including phenoxy) is 1. The highest BCUT2D eigenvalue weighted by Crippen LogP contribution is 2.26. The van der Waals surface area contributed by atoms with E-state index in [0.717, 1.165) is 24.2 Å². The molecule has 1 aromatic heterocycles. The number of anilines is 1. The van der Waals surface area contributed by atoms with Gasteiger partial charge in [0.05, 0.1) is 13.2 Å². The Morgan fingerprint density at radius 1 is 1.12 bits per heavy atom. The van der Waals surface area contributed by atoms with Gasteiger partial charge in [-0.05, 0) is 12.8 Å². The number of nitrogens with one attached hydrogen (secondary N) is 1. The predicted octanol–water partition coefficient (Wildman–Crippen LogP) is 2.19. The normalized spacial score (nSPS) is 17.6. The topological polar surface area (TPSA) is 67.4 Å². The van der Waals surface area contributed by atoms with Crippen LogP contribution in [0.25, 0.3) is 11.4 Å². The van der Waals surface area contributed by atoms with Gasteiger partial charge in [0, 0.05) is 30.8 Å². The largest absolute Gasteiger partial charge is 0.378 e. The molecule has 0 unspecified atom stereocenters. The van der Waals surface area contributed by atoms with Crippen molar-refractivity contribution >= 4 is 11.7 Å². The predicted molar refractivity (Wildman–Crippen MR) is 90.8 cm³/mol. The smallest absolute Gasteiger partial charge is 0.272 e. The summed E-state index contributed by atoms with van der Waals surface area (Å²) in [6.07, 6.45) is 2.30. The molecule has 2 aromatic rings. The summed E-state index contributed by atoms with van der Waals surface area (Å²) < 4.78 is 5.32. The number of aromatic nitrogens is 2. The van der Waals surface area contributed by atoms with Crippen LogP contribution >= 0.6 is 0 Å². The van der Waals surface area contributed by atoms with E-state index in [0.29, 0.717) is 43.9 Å². The number of morpholine rings is 1. The van der Waals surface area contributed by atoms with Crippen LogP contribution in [0.4, 0.5) is 5.82 Å². The molecule has 1 amide bonds. The average molecular weight is 324 g/mol. The van der Waals surface area contributed by atoms with Crippen molar-refractivity contribution in [3.63, 3.8) is 0 Å². The molecule has 24 heavy (non-hydrogen) atoms. The van der Waals surface area contributed by atoms with E-state index in [1.165, 1.54) is 0 Å². The standard InChI is InChI=1S/C18H20N4O2/c23-18(22-8-10-24-11-9-22)15-12-16(19-14-6-7-14)21-17(20-15)13-4-2-1-3-5-13/h1-5,12,14H,6-11H2,(H,19,20,21). The Bertz CT molecular complexity index is 725. The summed E-state index contributed by atoms with van der Waals surface area (Å²) in [6, 6.07) is 12.0. The third-order valence-electron chi connectivity index (χ3n) is 4.20. The first kappa shape index (κ1) is 15.1. The van der Waals surface area contributed by atoms with Crippen LogP contribution < -0.4 is 5.32 Å². The van der Waals surface area contributed by atoms with E-state index in [-0.39, 0.29) is 5.91 Å². The average Bonchev–Trinajstić information content (AvgIpc) is 3.46. The third kappa shape index (κ3) is 3.38. The van der Waals surface area contributed by atoms with Crippen LogP contribution in [-0.2, 0) is 4.74 Å². The van der Waals surface area contributed by atoms with Gasteiger partial charge in [0.15, 0.2) is 5.82 Å². The summed E-state index contributed by atoms with van der Waals surface area (Å²) in [7, 11) is 0. The fraction of sp³-hybridized carbons (Fsp3) is 0.389. The van der Waals surface area contributed by atoms with Crippen LogP contribution in [0, 0.1) is 0 Å². The molecule has 1 aliphatic carbocycles. The zero-order valence-corrected chi connectivity index (χ0v) is 13.4. The number of carbonyl (C=O) groups excluding carboxylic acids is 1. The van der Waals surface area contributed by atoms with Crippen molar-refractivity contribution in [2.75, 3.05) is 31.6 Å². The first-order chi connectivity index (χ1) is 11.8. The molecule has 1 aromatic carbocycles. The van der Waals surface area contributed by atoms with Crippen molar-refractivity contribution in [2.45, 2.75) is 18.9 Å². The second kappa shape index (κ2) is 6.57. The lowest BCUT2D eigenvalue weighted by Gasteiger charge is -2.26. The van der Waals surface area contributed by atoms with E-state index < -0.39 is 0 Å². The maximum Gasteiger partial charge on any atom is 0.272 e. The zero-order chi connectivity index (χ0) is 16.4. The molecule has 1 N–H and O–H groups in total. The summed E-state index contributed by atoms with van der Waals surface area (Å²) in [4.78, 5) is 23.7. The number of amides is 1. The third-order valence-corrected chi connectivity index (χ3v) is 4.20. The number of hydrogen-bond donors (Lipinski definition) is 1. The van der Waals surface area contributed by atoms with Crippen molar-refractivity contribution in [3.05, 3.63) is 42.1 Å². The summed E-state index contributed by atoms with van der Waals surface area (Å²) in [5, 5.41) is 3.38. The molecule has 2 fully saturated rings. The minimum Gasteiger partial charge on any atom is -0.378 e. The maximum absolute atomic E-state index is 12.8. The molecule has 0 bridgehead atoms. The molecule has 4 rings (SSSR count). The molecule has 1 aliphatic heterocycles. The van der Waals surface area contributed by atoms with E-state index in [1.54, 1.807) is 11.0 Å². The fourth-order valence-electron chi connectivity index (χ4n) is 2.71. The van der Waals surface area contributed by atoms with Crippen LogP contribution in [0.5, 0.6) is 0 Å². The van der Waals surface area contributed by atoms with Crippen molar-refractivity contribution in [3.8, 4) is 11.4 Å². The number of benzene rings is 1. The Balaban J connectivity index is 1.67. The zero-order valence-electron chi connectivity index (χ0n) is 13.4. The highest BCUT2D eigenvalue weighted by Gasteiger charge is 2.24. The molecule has 6 heteroatoms. The van der Waals surface area contributed by atoms with Gasteiger partial charge in [-0.2, -0.15) is 0 Å². The molecule has 2 aliphatic rings. The summed E-state index contributed by atoms with van der Waals surface area (Å²) in [5.74, 6) is 1.25. The second-order valence-corrected chi connectivity index (χ2v) is 6.15. The lowest BCUT2D eigenvalue weighted by Crippen LogP contribution is -2.41.